The van der Waals surface area contributed by atoms with Gasteiger partial charge in [0.2, 0.25) is 0 Å². The fourth-order valence-electron chi connectivity index (χ4n) is 2.80. The summed E-state index contributed by atoms with van der Waals surface area (Å²) >= 11 is 0. The maximum Gasteiger partial charge on any atom is 0.00925 e. The van der Waals surface area contributed by atoms with Gasteiger partial charge in [0.1, 0.15) is 0 Å². The summed E-state index contributed by atoms with van der Waals surface area (Å²) in [6.45, 7) is 4.65. The molecule has 1 rings (SSSR count). The van der Waals surface area contributed by atoms with Crippen LogP contribution in [-0.2, 0) is 0 Å². The van der Waals surface area contributed by atoms with Gasteiger partial charge in [0, 0.05) is 6.04 Å². The van der Waals surface area contributed by atoms with Gasteiger partial charge >= 0.3 is 0 Å². The molecule has 1 nitrogen and oxygen atoms in total. The van der Waals surface area contributed by atoms with E-state index in [1.54, 1.807) is 0 Å². The van der Waals surface area contributed by atoms with E-state index in [4.69, 9.17) is 0 Å². The van der Waals surface area contributed by atoms with E-state index in [0.29, 0.717) is 0 Å². The number of hydrogen-bond acceptors (Lipinski definition) is 1. The van der Waals surface area contributed by atoms with Gasteiger partial charge in [-0.25, -0.2) is 0 Å². The zero-order chi connectivity index (χ0) is 9.68. The second-order valence-electron chi connectivity index (χ2n) is 4.53. The first-order chi connectivity index (χ1) is 6.31. The van der Waals surface area contributed by atoms with Crippen molar-refractivity contribution in [3.63, 3.8) is 0 Å². The maximum absolute atomic E-state index is 3.48. The summed E-state index contributed by atoms with van der Waals surface area (Å²) in [5, 5.41) is 3.48. The minimum absolute atomic E-state index is 0.808. The molecule has 1 N–H and O–H groups in total. The van der Waals surface area contributed by atoms with Gasteiger partial charge in [-0.2, -0.15) is 0 Å². The molecule has 3 unspecified atom stereocenters. The van der Waals surface area contributed by atoms with Crippen molar-refractivity contribution in [2.45, 2.75) is 58.4 Å². The lowest BCUT2D eigenvalue weighted by Crippen LogP contribution is -2.38. The van der Waals surface area contributed by atoms with Crippen LogP contribution in [0.5, 0.6) is 0 Å². The van der Waals surface area contributed by atoms with Crippen LogP contribution in [0.2, 0.25) is 0 Å². The van der Waals surface area contributed by atoms with Crippen molar-refractivity contribution < 1.29 is 0 Å². The molecule has 0 bridgehead atoms. The zero-order valence-corrected chi connectivity index (χ0v) is 9.47. The molecule has 78 valence electrons. The average Bonchev–Trinajstić information content (AvgIpc) is 2.18. The molecule has 0 aromatic heterocycles. The molecule has 0 amide bonds. The summed E-state index contributed by atoms with van der Waals surface area (Å²) in [6.07, 6.45) is 8.47. The minimum Gasteiger partial charge on any atom is -0.317 e. The minimum atomic E-state index is 0.808. The van der Waals surface area contributed by atoms with Gasteiger partial charge in [-0.15, -0.1) is 0 Å². The highest BCUT2D eigenvalue weighted by molar-refractivity contribution is 4.83. The molecular weight excluding hydrogens is 158 g/mol. The van der Waals surface area contributed by atoms with Crippen LogP contribution in [0.3, 0.4) is 0 Å². The number of hydrogen-bond donors (Lipinski definition) is 1. The largest absolute Gasteiger partial charge is 0.317 e. The topological polar surface area (TPSA) is 12.0 Å². The van der Waals surface area contributed by atoms with Crippen LogP contribution in [0.4, 0.5) is 0 Å². The standard InChI is InChI=1S/C12H25N/c1-4-6-11-9-10(5-2)7-8-12(11)13-3/h10-13H,4-9H2,1-3H3. The Hall–Kier alpha value is -0.0400. The lowest BCUT2D eigenvalue weighted by molar-refractivity contribution is 0.195. The zero-order valence-electron chi connectivity index (χ0n) is 9.47. The quantitative estimate of drug-likeness (QED) is 0.706. The molecule has 0 spiro atoms. The average molecular weight is 183 g/mol. The Labute approximate surface area is 83.3 Å². The molecule has 1 fully saturated rings. The molecule has 1 heteroatoms. The molecule has 3 atom stereocenters. The van der Waals surface area contributed by atoms with Crippen LogP contribution < -0.4 is 5.32 Å². The first-order valence-electron chi connectivity index (χ1n) is 5.99. The smallest absolute Gasteiger partial charge is 0.00925 e. The third kappa shape index (κ3) is 2.98. The van der Waals surface area contributed by atoms with Gasteiger partial charge in [-0.3, -0.25) is 0 Å². The summed E-state index contributed by atoms with van der Waals surface area (Å²) in [5.74, 6) is 1.97. The van der Waals surface area contributed by atoms with Crippen LogP contribution >= 0.6 is 0 Å². The summed E-state index contributed by atoms with van der Waals surface area (Å²) < 4.78 is 0. The molecule has 1 aliphatic carbocycles. The van der Waals surface area contributed by atoms with Crippen molar-refractivity contribution >= 4 is 0 Å². The fraction of sp³-hybridized carbons (Fsp3) is 1.00. The molecule has 0 aliphatic heterocycles. The molecule has 0 saturated heterocycles. The van der Waals surface area contributed by atoms with Crippen molar-refractivity contribution in [2.24, 2.45) is 11.8 Å². The summed E-state index contributed by atoms with van der Waals surface area (Å²) in [5.41, 5.74) is 0. The van der Waals surface area contributed by atoms with Gasteiger partial charge in [0.15, 0.2) is 0 Å². The highest BCUT2D eigenvalue weighted by Gasteiger charge is 2.27. The summed E-state index contributed by atoms with van der Waals surface area (Å²) in [7, 11) is 2.12. The number of nitrogens with one attached hydrogen (secondary N) is 1. The first kappa shape index (κ1) is 11.0. The fourth-order valence-corrected chi connectivity index (χ4v) is 2.80. The van der Waals surface area contributed by atoms with Crippen molar-refractivity contribution in [1.82, 2.24) is 5.32 Å². The van der Waals surface area contributed by atoms with E-state index in [0.717, 1.165) is 17.9 Å². The van der Waals surface area contributed by atoms with E-state index in [9.17, 15) is 0 Å². The molecule has 0 aromatic rings. The Bertz CT molecular complexity index is 133. The molecule has 1 aliphatic rings. The Morgan fingerprint density at radius 1 is 1.23 bits per heavy atom. The summed E-state index contributed by atoms with van der Waals surface area (Å²) in [4.78, 5) is 0. The SMILES string of the molecule is CCCC1CC(CC)CCC1NC. The van der Waals surface area contributed by atoms with Gasteiger partial charge < -0.3 is 5.32 Å². The van der Waals surface area contributed by atoms with E-state index < -0.39 is 0 Å². The Morgan fingerprint density at radius 3 is 2.54 bits per heavy atom. The van der Waals surface area contributed by atoms with Crippen LogP contribution in [-0.4, -0.2) is 13.1 Å². The lowest BCUT2D eigenvalue weighted by Gasteiger charge is -2.35. The second-order valence-corrected chi connectivity index (χ2v) is 4.53. The highest BCUT2D eigenvalue weighted by atomic mass is 14.9. The van der Waals surface area contributed by atoms with Crippen molar-refractivity contribution in [3.8, 4) is 0 Å². The van der Waals surface area contributed by atoms with Gasteiger partial charge in [0.05, 0.1) is 0 Å². The number of rotatable bonds is 4. The Morgan fingerprint density at radius 2 is 2.00 bits per heavy atom. The van der Waals surface area contributed by atoms with Gasteiger partial charge in [0.25, 0.3) is 0 Å². The molecule has 0 radical (unpaired) electrons. The lowest BCUT2D eigenvalue weighted by atomic mass is 9.75. The highest BCUT2D eigenvalue weighted by Crippen LogP contribution is 2.33. The van der Waals surface area contributed by atoms with Crippen LogP contribution in [0, 0.1) is 11.8 Å². The molecule has 0 heterocycles. The van der Waals surface area contributed by atoms with Gasteiger partial charge in [-0.1, -0.05) is 26.7 Å². The van der Waals surface area contributed by atoms with E-state index >= 15 is 0 Å². The Kier molecular flexibility index (Phi) is 4.79. The van der Waals surface area contributed by atoms with Crippen molar-refractivity contribution in [3.05, 3.63) is 0 Å². The van der Waals surface area contributed by atoms with Crippen molar-refractivity contribution in [1.29, 1.82) is 0 Å². The summed E-state index contributed by atoms with van der Waals surface area (Å²) in [6, 6.07) is 0.808. The Balaban J connectivity index is 2.42. The predicted octanol–water partition coefficient (Wildman–Crippen LogP) is 3.20. The maximum atomic E-state index is 3.48. The predicted molar refractivity (Wildman–Crippen MR) is 58.9 cm³/mol. The molecular formula is C12H25N. The van der Waals surface area contributed by atoms with Crippen LogP contribution in [0.25, 0.3) is 0 Å². The van der Waals surface area contributed by atoms with E-state index in [2.05, 4.69) is 26.2 Å². The van der Waals surface area contributed by atoms with Crippen LogP contribution in [0.1, 0.15) is 52.4 Å². The molecule has 1 saturated carbocycles. The van der Waals surface area contributed by atoms with E-state index in [1.807, 2.05) is 0 Å². The third-order valence-corrected chi connectivity index (χ3v) is 3.70. The first-order valence-corrected chi connectivity index (χ1v) is 5.99. The second kappa shape index (κ2) is 5.64. The molecule has 13 heavy (non-hydrogen) atoms. The van der Waals surface area contributed by atoms with Crippen molar-refractivity contribution in [2.75, 3.05) is 7.05 Å². The molecule has 0 aromatic carbocycles. The normalized spacial score (nSPS) is 34.8. The van der Waals surface area contributed by atoms with Gasteiger partial charge in [-0.05, 0) is 44.6 Å². The van der Waals surface area contributed by atoms with E-state index in [1.165, 1.54) is 38.5 Å². The third-order valence-electron chi connectivity index (χ3n) is 3.70. The van der Waals surface area contributed by atoms with E-state index in [-0.39, 0.29) is 0 Å². The van der Waals surface area contributed by atoms with Crippen LogP contribution in [0.15, 0.2) is 0 Å². The monoisotopic (exact) mass is 183 g/mol.